The lowest BCUT2D eigenvalue weighted by molar-refractivity contribution is -0.121. The first-order valence-electron chi connectivity index (χ1n) is 6.53. The first kappa shape index (κ1) is 13.6. The summed E-state index contributed by atoms with van der Waals surface area (Å²) in [6.07, 6.45) is 0. The summed E-state index contributed by atoms with van der Waals surface area (Å²) < 4.78 is 10.5. The molecule has 1 N–H and O–H groups in total. The first-order chi connectivity index (χ1) is 10.1. The smallest absolute Gasteiger partial charge is 0.265 e. The van der Waals surface area contributed by atoms with E-state index in [-0.39, 0.29) is 18.4 Å². The number of amides is 1. The van der Waals surface area contributed by atoms with Crippen LogP contribution >= 0.6 is 0 Å². The van der Waals surface area contributed by atoms with Gasteiger partial charge >= 0.3 is 0 Å². The number of ether oxygens (including phenoxy) is 2. The van der Waals surface area contributed by atoms with E-state index in [0.717, 1.165) is 0 Å². The van der Waals surface area contributed by atoms with Gasteiger partial charge in [0.15, 0.2) is 6.61 Å². The summed E-state index contributed by atoms with van der Waals surface area (Å²) in [5.41, 5.74) is 1.18. The van der Waals surface area contributed by atoms with E-state index in [1.54, 1.807) is 31.1 Å². The maximum absolute atomic E-state index is 12.0. The molecule has 1 aromatic carbocycles. The predicted molar refractivity (Wildman–Crippen MR) is 75.7 cm³/mol. The Bertz CT molecular complexity index is 717. The van der Waals surface area contributed by atoms with Crippen LogP contribution in [-0.4, -0.2) is 47.8 Å². The second kappa shape index (κ2) is 5.17. The van der Waals surface area contributed by atoms with Crippen molar-refractivity contribution in [3.63, 3.8) is 0 Å². The predicted octanol–water partition coefficient (Wildman–Crippen LogP) is 1.02. The van der Waals surface area contributed by atoms with E-state index in [1.165, 1.54) is 0 Å². The Morgan fingerprint density at radius 3 is 3.00 bits per heavy atom. The number of carbonyl (C=O) groups excluding carboxylic acids is 1. The molecule has 1 aliphatic heterocycles. The van der Waals surface area contributed by atoms with Crippen molar-refractivity contribution in [1.29, 1.82) is 0 Å². The van der Waals surface area contributed by atoms with E-state index in [2.05, 4.69) is 9.97 Å². The number of hydrogen-bond donors (Lipinski definition) is 1. The zero-order valence-electron chi connectivity index (χ0n) is 11.8. The largest absolute Gasteiger partial charge is 0.493 e. The van der Waals surface area contributed by atoms with Crippen LogP contribution in [0.3, 0.4) is 0 Å². The quantitative estimate of drug-likeness (QED) is 0.908. The van der Waals surface area contributed by atoms with Crippen LogP contribution in [-0.2, 0) is 9.53 Å². The van der Waals surface area contributed by atoms with E-state index < -0.39 is 0 Å². The van der Waals surface area contributed by atoms with E-state index in [0.29, 0.717) is 41.3 Å². The van der Waals surface area contributed by atoms with Crippen LogP contribution < -0.4 is 9.64 Å². The van der Waals surface area contributed by atoms with Crippen molar-refractivity contribution in [2.75, 3.05) is 31.8 Å². The maximum atomic E-state index is 12.0. The number of aryl methyl sites for hydroxylation is 1. The highest BCUT2D eigenvalue weighted by atomic mass is 16.5. The average Bonchev–Trinajstić information content (AvgIpc) is 2.45. The van der Waals surface area contributed by atoms with Gasteiger partial charge in [-0.25, -0.2) is 4.98 Å². The van der Waals surface area contributed by atoms with Gasteiger partial charge in [-0.15, -0.1) is 0 Å². The fourth-order valence-electron chi connectivity index (χ4n) is 2.35. The van der Waals surface area contributed by atoms with Crippen molar-refractivity contribution >= 4 is 22.5 Å². The molecule has 0 spiro atoms. The molecule has 0 saturated carbocycles. The molecule has 0 saturated heterocycles. The number of rotatable bonds is 3. The minimum absolute atomic E-state index is 0.0156. The van der Waals surface area contributed by atoms with Crippen LogP contribution in [0.25, 0.3) is 10.9 Å². The zero-order valence-corrected chi connectivity index (χ0v) is 11.8. The molecule has 2 heterocycles. The highest BCUT2D eigenvalue weighted by Crippen LogP contribution is 2.37. The van der Waals surface area contributed by atoms with Crippen molar-refractivity contribution in [2.45, 2.75) is 6.92 Å². The molecule has 0 aliphatic carbocycles. The number of aromatic nitrogens is 2. The normalized spacial score (nSPS) is 14.2. The molecule has 0 fully saturated rings. The molecule has 2 aromatic rings. The van der Waals surface area contributed by atoms with Crippen LogP contribution in [0, 0.1) is 6.92 Å². The molecule has 0 radical (unpaired) electrons. The molecule has 0 atom stereocenters. The fourth-order valence-corrected chi connectivity index (χ4v) is 2.35. The van der Waals surface area contributed by atoms with Crippen LogP contribution in [0.15, 0.2) is 12.1 Å². The van der Waals surface area contributed by atoms with Gasteiger partial charge in [0.25, 0.3) is 5.91 Å². The Labute approximate surface area is 121 Å². The molecule has 1 amide bonds. The lowest BCUT2D eigenvalue weighted by Crippen LogP contribution is -2.40. The second-order valence-corrected chi connectivity index (χ2v) is 4.76. The minimum atomic E-state index is -0.147. The fraction of sp³-hybridized carbons (Fsp3) is 0.357. The molecule has 3 rings (SSSR count). The summed E-state index contributed by atoms with van der Waals surface area (Å²) in [5.74, 6) is 0.787. The highest BCUT2D eigenvalue weighted by Gasteiger charge is 2.26. The molecular weight excluding hydrogens is 274 g/mol. The SMILES string of the molecule is COCCN1C(=O)COc2cc3nc(C)nc(O)c3cc21. The molecule has 1 aromatic heterocycles. The van der Waals surface area contributed by atoms with Crippen LogP contribution in [0.4, 0.5) is 5.69 Å². The summed E-state index contributed by atoms with van der Waals surface area (Å²) in [6.45, 7) is 2.52. The van der Waals surface area contributed by atoms with Gasteiger partial charge in [-0.05, 0) is 13.0 Å². The Kier molecular flexibility index (Phi) is 3.34. The topological polar surface area (TPSA) is 84.8 Å². The number of anilines is 1. The molecule has 21 heavy (non-hydrogen) atoms. The van der Waals surface area contributed by atoms with E-state index in [1.807, 2.05) is 0 Å². The van der Waals surface area contributed by atoms with E-state index in [4.69, 9.17) is 9.47 Å². The minimum Gasteiger partial charge on any atom is -0.493 e. The average molecular weight is 289 g/mol. The molecule has 7 nitrogen and oxygen atoms in total. The summed E-state index contributed by atoms with van der Waals surface area (Å²) in [7, 11) is 1.58. The van der Waals surface area contributed by atoms with Gasteiger partial charge in [0.1, 0.15) is 11.6 Å². The standard InChI is InChI=1S/C14H15N3O4/c1-8-15-10-6-12-11(5-9(10)14(19)16-8)17(3-4-20-2)13(18)7-21-12/h5-6H,3-4,7H2,1-2H3,(H,15,16,19). The zero-order chi connectivity index (χ0) is 15.0. The third-order valence-corrected chi connectivity index (χ3v) is 3.33. The van der Waals surface area contributed by atoms with Gasteiger partial charge in [-0.3, -0.25) is 4.79 Å². The molecule has 0 bridgehead atoms. The molecule has 0 unspecified atom stereocenters. The van der Waals surface area contributed by atoms with Gasteiger partial charge in [-0.1, -0.05) is 0 Å². The van der Waals surface area contributed by atoms with E-state index in [9.17, 15) is 9.90 Å². The van der Waals surface area contributed by atoms with Gasteiger partial charge < -0.3 is 19.5 Å². The first-order valence-corrected chi connectivity index (χ1v) is 6.53. The molecular formula is C14H15N3O4. The van der Waals surface area contributed by atoms with Gasteiger partial charge in [0.05, 0.1) is 23.2 Å². The van der Waals surface area contributed by atoms with Crippen LogP contribution in [0.1, 0.15) is 5.82 Å². The Morgan fingerprint density at radius 1 is 1.43 bits per heavy atom. The summed E-state index contributed by atoms with van der Waals surface area (Å²) >= 11 is 0. The van der Waals surface area contributed by atoms with Gasteiger partial charge in [0.2, 0.25) is 5.88 Å². The lowest BCUT2D eigenvalue weighted by Gasteiger charge is -2.29. The van der Waals surface area contributed by atoms with E-state index >= 15 is 0 Å². The van der Waals surface area contributed by atoms with Gasteiger partial charge in [-0.2, -0.15) is 4.98 Å². The number of aromatic hydroxyl groups is 1. The van der Waals surface area contributed by atoms with Crippen LogP contribution in [0.2, 0.25) is 0 Å². The number of nitrogens with zero attached hydrogens (tertiary/aromatic N) is 3. The Hall–Kier alpha value is -2.41. The van der Waals surface area contributed by atoms with Crippen molar-refractivity contribution in [1.82, 2.24) is 9.97 Å². The third-order valence-electron chi connectivity index (χ3n) is 3.33. The number of hydrogen-bond acceptors (Lipinski definition) is 6. The summed E-state index contributed by atoms with van der Waals surface area (Å²) in [6, 6.07) is 3.39. The second-order valence-electron chi connectivity index (χ2n) is 4.76. The number of methoxy groups -OCH3 is 1. The van der Waals surface area contributed by atoms with Crippen molar-refractivity contribution in [3.05, 3.63) is 18.0 Å². The highest BCUT2D eigenvalue weighted by molar-refractivity contribution is 6.01. The molecule has 1 aliphatic rings. The summed E-state index contributed by atoms with van der Waals surface area (Å²) in [4.78, 5) is 21.8. The monoisotopic (exact) mass is 289 g/mol. The Morgan fingerprint density at radius 2 is 2.24 bits per heavy atom. The Balaban J connectivity index is 2.14. The molecule has 7 heteroatoms. The van der Waals surface area contributed by atoms with Crippen molar-refractivity contribution in [2.24, 2.45) is 0 Å². The summed E-state index contributed by atoms with van der Waals surface area (Å²) in [5, 5.41) is 10.4. The lowest BCUT2D eigenvalue weighted by atomic mass is 10.1. The number of benzene rings is 1. The number of fused-ring (bicyclic) bond motifs is 2. The van der Waals surface area contributed by atoms with Crippen molar-refractivity contribution < 1.29 is 19.4 Å². The maximum Gasteiger partial charge on any atom is 0.265 e. The van der Waals surface area contributed by atoms with Crippen LogP contribution in [0.5, 0.6) is 11.6 Å². The van der Waals surface area contributed by atoms with Gasteiger partial charge in [0, 0.05) is 19.7 Å². The third kappa shape index (κ3) is 2.36. The van der Waals surface area contributed by atoms with Crippen molar-refractivity contribution in [3.8, 4) is 11.6 Å². The number of carbonyl (C=O) groups is 1. The molecule has 110 valence electrons.